The van der Waals surface area contributed by atoms with Gasteiger partial charge in [0.1, 0.15) is 6.10 Å². The first kappa shape index (κ1) is 16.2. The van der Waals surface area contributed by atoms with Gasteiger partial charge in [-0.15, -0.1) is 22.9 Å². The van der Waals surface area contributed by atoms with Crippen molar-refractivity contribution in [3.63, 3.8) is 0 Å². The van der Waals surface area contributed by atoms with Gasteiger partial charge in [-0.1, -0.05) is 0 Å². The fourth-order valence-corrected chi connectivity index (χ4v) is 3.75. The van der Waals surface area contributed by atoms with Gasteiger partial charge in [-0.2, -0.15) is 0 Å². The minimum Gasteiger partial charge on any atom is -0.399 e. The molecule has 1 fully saturated rings. The summed E-state index contributed by atoms with van der Waals surface area (Å²) < 4.78 is 13.2. The third kappa shape index (κ3) is 2.57. The van der Waals surface area contributed by atoms with Gasteiger partial charge in [-0.3, -0.25) is 4.98 Å². The Morgan fingerprint density at radius 2 is 1.95 bits per heavy atom. The highest BCUT2D eigenvalue weighted by molar-refractivity contribution is 7.20. The smallest absolute Gasteiger partial charge is 0.399 e. The van der Waals surface area contributed by atoms with E-state index in [4.69, 9.17) is 20.9 Å². The van der Waals surface area contributed by atoms with Crippen molar-refractivity contribution in [3.8, 4) is 0 Å². The number of hydrogen-bond acceptors (Lipinski definition) is 5. The molecule has 1 atom stereocenters. The van der Waals surface area contributed by atoms with Gasteiger partial charge in [0.2, 0.25) is 0 Å². The SMILES string of the molecule is CC1(C)OB(c2ccnc3cc(C(O)CCl)sc23)OC1(C)C. The maximum atomic E-state index is 9.94. The quantitative estimate of drug-likeness (QED) is 0.690. The molecule has 1 saturated heterocycles. The second-order valence-electron chi connectivity index (χ2n) is 6.52. The Balaban J connectivity index is 2.03. The van der Waals surface area contributed by atoms with Gasteiger partial charge in [0.15, 0.2) is 0 Å². The molecule has 0 amide bonds. The third-order valence-electron chi connectivity index (χ3n) is 4.44. The van der Waals surface area contributed by atoms with Crippen LogP contribution in [0.1, 0.15) is 38.7 Å². The molecule has 2 aromatic heterocycles. The van der Waals surface area contributed by atoms with Crippen molar-refractivity contribution in [1.82, 2.24) is 4.98 Å². The minimum atomic E-state index is -0.674. The van der Waals surface area contributed by atoms with Crippen molar-refractivity contribution < 1.29 is 14.4 Å². The Morgan fingerprint density at radius 3 is 2.55 bits per heavy atom. The van der Waals surface area contributed by atoms with E-state index in [0.29, 0.717) is 0 Å². The fourth-order valence-electron chi connectivity index (χ4n) is 2.37. The molecule has 1 unspecified atom stereocenters. The maximum absolute atomic E-state index is 9.94. The summed E-state index contributed by atoms with van der Waals surface area (Å²) in [5.74, 6) is 0.165. The van der Waals surface area contributed by atoms with Gasteiger partial charge in [0.25, 0.3) is 0 Å². The van der Waals surface area contributed by atoms with Crippen LogP contribution >= 0.6 is 22.9 Å². The highest BCUT2D eigenvalue weighted by atomic mass is 35.5. The van der Waals surface area contributed by atoms with Gasteiger partial charge < -0.3 is 14.4 Å². The summed E-state index contributed by atoms with van der Waals surface area (Å²) in [7, 11) is -0.435. The van der Waals surface area contributed by atoms with E-state index in [1.807, 2.05) is 39.8 Å². The standard InChI is InChI=1S/C15H19BClNO3S/c1-14(2)15(3,4)21-16(20-14)9-5-6-18-10-7-12(11(19)8-17)22-13(9)10/h5-7,11,19H,8H2,1-4H3. The van der Waals surface area contributed by atoms with E-state index in [-0.39, 0.29) is 17.1 Å². The predicted molar refractivity (Wildman–Crippen MR) is 91.0 cm³/mol. The summed E-state index contributed by atoms with van der Waals surface area (Å²) in [4.78, 5) is 5.18. The van der Waals surface area contributed by atoms with E-state index >= 15 is 0 Å². The molecule has 7 heteroatoms. The number of alkyl halides is 1. The Hall–Kier alpha value is -0.655. The predicted octanol–water partition coefficient (Wildman–Crippen LogP) is 2.87. The Kier molecular flexibility index (Phi) is 4.02. The van der Waals surface area contributed by atoms with E-state index in [0.717, 1.165) is 20.6 Å². The number of aliphatic hydroxyl groups excluding tert-OH is 1. The zero-order valence-electron chi connectivity index (χ0n) is 13.1. The molecule has 2 aromatic rings. The van der Waals surface area contributed by atoms with Crippen LogP contribution in [0.15, 0.2) is 18.3 Å². The number of nitrogens with zero attached hydrogens (tertiary/aromatic N) is 1. The lowest BCUT2D eigenvalue weighted by Gasteiger charge is -2.32. The van der Waals surface area contributed by atoms with Crippen molar-refractivity contribution in [2.24, 2.45) is 0 Å². The van der Waals surface area contributed by atoms with Gasteiger partial charge in [0.05, 0.1) is 27.3 Å². The van der Waals surface area contributed by atoms with Crippen LogP contribution in [-0.4, -0.2) is 34.3 Å². The molecule has 0 aliphatic carbocycles. The molecule has 3 rings (SSSR count). The van der Waals surface area contributed by atoms with Gasteiger partial charge in [-0.05, 0) is 39.8 Å². The number of aromatic nitrogens is 1. The molecule has 0 saturated carbocycles. The summed E-state index contributed by atoms with van der Waals surface area (Å²) >= 11 is 7.23. The minimum absolute atomic E-state index is 0.165. The lowest BCUT2D eigenvalue weighted by Crippen LogP contribution is -2.41. The molecule has 1 aliphatic heterocycles. The lowest BCUT2D eigenvalue weighted by atomic mass is 9.79. The van der Waals surface area contributed by atoms with E-state index < -0.39 is 13.2 Å². The second kappa shape index (κ2) is 5.46. The monoisotopic (exact) mass is 339 g/mol. The molecular weight excluding hydrogens is 321 g/mol. The summed E-state index contributed by atoms with van der Waals surface area (Å²) in [5, 5.41) is 9.94. The summed E-state index contributed by atoms with van der Waals surface area (Å²) in [6.45, 7) is 8.12. The molecule has 118 valence electrons. The van der Waals surface area contributed by atoms with E-state index in [2.05, 4.69) is 4.98 Å². The number of pyridine rings is 1. The zero-order valence-corrected chi connectivity index (χ0v) is 14.7. The van der Waals surface area contributed by atoms with Crippen LogP contribution in [0.2, 0.25) is 0 Å². The molecule has 3 heterocycles. The molecule has 0 spiro atoms. The highest BCUT2D eigenvalue weighted by Gasteiger charge is 2.52. The van der Waals surface area contributed by atoms with E-state index in [1.165, 1.54) is 11.3 Å². The van der Waals surface area contributed by atoms with Crippen LogP contribution in [0.5, 0.6) is 0 Å². The van der Waals surface area contributed by atoms with Crippen molar-refractivity contribution in [3.05, 3.63) is 23.2 Å². The molecule has 0 radical (unpaired) electrons. The molecule has 0 bridgehead atoms. The van der Waals surface area contributed by atoms with E-state index in [1.54, 1.807) is 6.20 Å². The van der Waals surface area contributed by atoms with Crippen LogP contribution in [0.4, 0.5) is 0 Å². The molecule has 1 N–H and O–H groups in total. The maximum Gasteiger partial charge on any atom is 0.496 e. The van der Waals surface area contributed by atoms with Crippen LogP contribution in [0.25, 0.3) is 10.2 Å². The van der Waals surface area contributed by atoms with Crippen molar-refractivity contribution >= 4 is 45.7 Å². The van der Waals surface area contributed by atoms with Crippen molar-refractivity contribution in [2.45, 2.75) is 45.0 Å². The zero-order chi connectivity index (χ0) is 16.1. The van der Waals surface area contributed by atoms with Crippen LogP contribution < -0.4 is 5.46 Å². The average Bonchev–Trinajstić information content (AvgIpc) is 2.96. The molecule has 0 aromatic carbocycles. The van der Waals surface area contributed by atoms with E-state index in [9.17, 15) is 5.11 Å². The fraction of sp³-hybridized carbons (Fsp3) is 0.533. The average molecular weight is 340 g/mol. The number of hydrogen-bond donors (Lipinski definition) is 1. The second-order valence-corrected chi connectivity index (χ2v) is 7.91. The summed E-state index contributed by atoms with van der Waals surface area (Å²) in [6, 6.07) is 3.79. The Bertz CT molecular complexity index is 687. The Morgan fingerprint density at radius 1 is 1.32 bits per heavy atom. The van der Waals surface area contributed by atoms with Crippen LogP contribution in [-0.2, 0) is 9.31 Å². The lowest BCUT2D eigenvalue weighted by molar-refractivity contribution is 0.00578. The van der Waals surface area contributed by atoms with Gasteiger partial charge >= 0.3 is 7.12 Å². The number of rotatable bonds is 3. The number of aliphatic hydroxyl groups is 1. The molecule has 22 heavy (non-hydrogen) atoms. The highest BCUT2D eigenvalue weighted by Crippen LogP contribution is 2.37. The van der Waals surface area contributed by atoms with Crippen molar-refractivity contribution in [1.29, 1.82) is 0 Å². The van der Waals surface area contributed by atoms with Crippen molar-refractivity contribution in [2.75, 3.05) is 5.88 Å². The first-order valence-corrected chi connectivity index (χ1v) is 8.58. The van der Waals surface area contributed by atoms with Gasteiger partial charge in [-0.25, -0.2) is 0 Å². The number of fused-ring (bicyclic) bond motifs is 1. The molecule has 4 nitrogen and oxygen atoms in total. The normalized spacial score (nSPS) is 21.5. The summed E-state index contributed by atoms with van der Waals surface area (Å²) in [5.41, 5.74) is 1.00. The molecule has 1 aliphatic rings. The molecular formula is C15H19BClNO3S. The first-order chi connectivity index (χ1) is 10.2. The topological polar surface area (TPSA) is 51.6 Å². The summed E-state index contributed by atoms with van der Waals surface area (Å²) in [6.07, 6.45) is 1.07. The number of thiophene rings is 1. The van der Waals surface area contributed by atoms with Crippen LogP contribution in [0.3, 0.4) is 0 Å². The first-order valence-electron chi connectivity index (χ1n) is 7.23. The number of halogens is 1. The Labute approximate surface area is 139 Å². The van der Waals surface area contributed by atoms with Gasteiger partial charge in [0, 0.05) is 16.5 Å². The third-order valence-corrected chi connectivity index (χ3v) is 6.01. The largest absolute Gasteiger partial charge is 0.496 e. The van der Waals surface area contributed by atoms with Crippen LogP contribution in [0, 0.1) is 0 Å².